The summed E-state index contributed by atoms with van der Waals surface area (Å²) < 4.78 is 10.4. The van der Waals surface area contributed by atoms with Crippen LogP contribution in [-0.2, 0) is 19.1 Å². The number of carbonyl (C=O) groups is 2. The molecule has 20 heavy (non-hydrogen) atoms. The molecule has 0 radical (unpaired) electrons. The summed E-state index contributed by atoms with van der Waals surface area (Å²) in [7, 11) is 1.62. The number of piperazine rings is 1. The van der Waals surface area contributed by atoms with E-state index in [1.165, 1.54) is 0 Å². The number of rotatable bonds is 6. The van der Waals surface area contributed by atoms with Crippen LogP contribution in [0.2, 0.25) is 0 Å². The zero-order valence-electron chi connectivity index (χ0n) is 12.2. The summed E-state index contributed by atoms with van der Waals surface area (Å²) in [4.78, 5) is 26.2. The molecule has 0 aromatic carbocycles. The topological polar surface area (TPSA) is 67.9 Å². The van der Waals surface area contributed by atoms with E-state index in [2.05, 4.69) is 5.32 Å². The second-order valence-corrected chi connectivity index (χ2v) is 5.43. The molecule has 1 spiro atoms. The van der Waals surface area contributed by atoms with Crippen LogP contribution in [-0.4, -0.2) is 62.3 Å². The lowest BCUT2D eigenvalue weighted by Gasteiger charge is -2.47. The molecular formula is C14H24N2O4. The van der Waals surface area contributed by atoms with Gasteiger partial charge in [-0.1, -0.05) is 19.3 Å². The van der Waals surface area contributed by atoms with Crippen molar-refractivity contribution >= 4 is 11.8 Å². The molecule has 0 aromatic rings. The smallest absolute Gasteiger partial charge is 0.246 e. The van der Waals surface area contributed by atoms with Crippen molar-refractivity contribution < 1.29 is 19.1 Å². The molecule has 114 valence electrons. The molecule has 2 aliphatic rings. The van der Waals surface area contributed by atoms with E-state index in [1.807, 2.05) is 0 Å². The van der Waals surface area contributed by atoms with Crippen LogP contribution in [0.5, 0.6) is 0 Å². The third-order valence-corrected chi connectivity index (χ3v) is 4.21. The van der Waals surface area contributed by atoms with Gasteiger partial charge in [0.1, 0.15) is 5.54 Å². The molecule has 0 unspecified atom stereocenters. The molecule has 1 saturated heterocycles. The van der Waals surface area contributed by atoms with Gasteiger partial charge in [0.05, 0.1) is 26.4 Å². The quantitative estimate of drug-likeness (QED) is 0.713. The molecule has 0 bridgehead atoms. The summed E-state index contributed by atoms with van der Waals surface area (Å²) in [6, 6.07) is 0. The van der Waals surface area contributed by atoms with Crippen molar-refractivity contribution in [2.75, 3.05) is 40.0 Å². The molecule has 6 nitrogen and oxygen atoms in total. The molecular weight excluding hydrogens is 260 g/mol. The summed E-state index contributed by atoms with van der Waals surface area (Å²) in [6.45, 7) is 2.09. The highest BCUT2D eigenvalue weighted by atomic mass is 16.5. The monoisotopic (exact) mass is 284 g/mol. The molecule has 2 fully saturated rings. The molecule has 2 amide bonds. The Morgan fingerprint density at radius 3 is 2.60 bits per heavy atom. The lowest BCUT2D eigenvalue weighted by atomic mass is 9.78. The van der Waals surface area contributed by atoms with E-state index >= 15 is 0 Å². The average molecular weight is 284 g/mol. The first-order valence-electron chi connectivity index (χ1n) is 7.36. The second kappa shape index (κ2) is 7.04. The van der Waals surface area contributed by atoms with Crippen molar-refractivity contribution in [3.8, 4) is 0 Å². The third kappa shape index (κ3) is 3.12. The van der Waals surface area contributed by atoms with E-state index in [0.29, 0.717) is 26.4 Å². The summed E-state index contributed by atoms with van der Waals surface area (Å²) in [5.41, 5.74) is -0.627. The lowest BCUT2D eigenvalue weighted by Crippen LogP contribution is -2.68. The largest absolute Gasteiger partial charge is 0.382 e. The zero-order valence-corrected chi connectivity index (χ0v) is 12.2. The van der Waals surface area contributed by atoms with Crippen LogP contribution in [0.3, 0.4) is 0 Å². The first-order chi connectivity index (χ1) is 9.70. The number of hydrogen-bond donors (Lipinski definition) is 1. The van der Waals surface area contributed by atoms with Crippen molar-refractivity contribution in [1.29, 1.82) is 0 Å². The number of hydrogen-bond acceptors (Lipinski definition) is 4. The molecule has 1 heterocycles. The summed E-state index contributed by atoms with van der Waals surface area (Å²) in [5, 5.41) is 2.74. The van der Waals surface area contributed by atoms with Gasteiger partial charge in [-0.3, -0.25) is 9.59 Å². The van der Waals surface area contributed by atoms with Crippen LogP contribution >= 0.6 is 0 Å². The second-order valence-electron chi connectivity index (χ2n) is 5.43. The SMILES string of the molecule is COCCOCCN1C(=O)CNC(=O)C12CCCCC2. The van der Waals surface area contributed by atoms with Gasteiger partial charge in [-0.25, -0.2) is 0 Å². The summed E-state index contributed by atoms with van der Waals surface area (Å²) in [6.07, 6.45) is 4.68. The predicted molar refractivity (Wildman–Crippen MR) is 73.2 cm³/mol. The average Bonchev–Trinajstić information content (AvgIpc) is 2.47. The van der Waals surface area contributed by atoms with Gasteiger partial charge in [0.15, 0.2) is 0 Å². The van der Waals surface area contributed by atoms with Crippen LogP contribution in [0.1, 0.15) is 32.1 Å². The number of nitrogens with zero attached hydrogens (tertiary/aromatic N) is 1. The lowest BCUT2D eigenvalue weighted by molar-refractivity contribution is -0.157. The van der Waals surface area contributed by atoms with Crippen LogP contribution < -0.4 is 5.32 Å². The van der Waals surface area contributed by atoms with Crippen molar-refractivity contribution in [2.24, 2.45) is 0 Å². The minimum atomic E-state index is -0.627. The Kier molecular flexibility index (Phi) is 5.37. The van der Waals surface area contributed by atoms with E-state index in [-0.39, 0.29) is 18.4 Å². The van der Waals surface area contributed by atoms with Gasteiger partial charge in [-0.15, -0.1) is 0 Å². The Balaban J connectivity index is 1.97. The molecule has 2 rings (SSSR count). The van der Waals surface area contributed by atoms with E-state index < -0.39 is 5.54 Å². The minimum Gasteiger partial charge on any atom is -0.382 e. The highest BCUT2D eigenvalue weighted by Crippen LogP contribution is 2.35. The van der Waals surface area contributed by atoms with Crippen LogP contribution in [0, 0.1) is 0 Å². The number of amides is 2. The highest BCUT2D eigenvalue weighted by molar-refractivity contribution is 5.98. The Labute approximate surface area is 119 Å². The standard InChI is InChI=1S/C14H24N2O4/c1-19-9-10-20-8-7-16-12(17)11-15-13(18)14(16)5-3-2-4-6-14/h2-11H2,1H3,(H,15,18). The molecule has 0 atom stereocenters. The fourth-order valence-corrected chi connectivity index (χ4v) is 3.15. The van der Waals surface area contributed by atoms with Crippen molar-refractivity contribution in [2.45, 2.75) is 37.6 Å². The molecule has 6 heteroatoms. The van der Waals surface area contributed by atoms with E-state index in [9.17, 15) is 9.59 Å². The predicted octanol–water partition coefficient (Wildman–Crippen LogP) is 0.311. The number of ether oxygens (including phenoxy) is 2. The van der Waals surface area contributed by atoms with Crippen molar-refractivity contribution in [3.63, 3.8) is 0 Å². The first kappa shape index (κ1) is 15.3. The van der Waals surface area contributed by atoms with Gasteiger partial charge < -0.3 is 19.7 Å². The molecule has 1 saturated carbocycles. The van der Waals surface area contributed by atoms with E-state index in [1.54, 1.807) is 12.0 Å². The summed E-state index contributed by atoms with van der Waals surface area (Å²) in [5.74, 6) is 0.00975. The van der Waals surface area contributed by atoms with Crippen LogP contribution in [0.25, 0.3) is 0 Å². The fraction of sp³-hybridized carbons (Fsp3) is 0.857. The van der Waals surface area contributed by atoms with Gasteiger partial charge in [-0.05, 0) is 12.8 Å². The number of nitrogens with one attached hydrogen (secondary N) is 1. The third-order valence-electron chi connectivity index (χ3n) is 4.21. The summed E-state index contributed by atoms with van der Waals surface area (Å²) >= 11 is 0. The Morgan fingerprint density at radius 2 is 1.90 bits per heavy atom. The maximum Gasteiger partial charge on any atom is 0.246 e. The Bertz CT molecular complexity index is 353. The Morgan fingerprint density at radius 1 is 1.15 bits per heavy atom. The van der Waals surface area contributed by atoms with Crippen LogP contribution in [0.4, 0.5) is 0 Å². The first-order valence-corrected chi connectivity index (χ1v) is 7.36. The van der Waals surface area contributed by atoms with Crippen molar-refractivity contribution in [3.05, 3.63) is 0 Å². The maximum atomic E-state index is 12.3. The van der Waals surface area contributed by atoms with Gasteiger partial charge in [-0.2, -0.15) is 0 Å². The Hall–Kier alpha value is -1.14. The molecule has 1 aliphatic heterocycles. The van der Waals surface area contributed by atoms with E-state index in [0.717, 1.165) is 32.1 Å². The van der Waals surface area contributed by atoms with Gasteiger partial charge in [0.25, 0.3) is 0 Å². The van der Waals surface area contributed by atoms with Gasteiger partial charge >= 0.3 is 0 Å². The highest BCUT2D eigenvalue weighted by Gasteiger charge is 2.49. The van der Waals surface area contributed by atoms with Gasteiger partial charge in [0.2, 0.25) is 11.8 Å². The molecule has 1 aliphatic carbocycles. The fourth-order valence-electron chi connectivity index (χ4n) is 3.15. The number of carbonyl (C=O) groups excluding carboxylic acids is 2. The molecule has 0 aromatic heterocycles. The van der Waals surface area contributed by atoms with E-state index in [4.69, 9.17) is 9.47 Å². The van der Waals surface area contributed by atoms with Crippen LogP contribution in [0.15, 0.2) is 0 Å². The molecule has 1 N–H and O–H groups in total. The minimum absolute atomic E-state index is 0.00171. The maximum absolute atomic E-state index is 12.3. The zero-order chi connectivity index (χ0) is 14.4. The normalized spacial score (nSPS) is 22.1. The van der Waals surface area contributed by atoms with Crippen molar-refractivity contribution in [1.82, 2.24) is 10.2 Å². The number of methoxy groups -OCH3 is 1. The van der Waals surface area contributed by atoms with Gasteiger partial charge in [0, 0.05) is 13.7 Å².